The average Bonchev–Trinajstić information content (AvgIpc) is 2.57. The van der Waals surface area contributed by atoms with Gasteiger partial charge in [0.1, 0.15) is 4.88 Å². The molecule has 0 N–H and O–H groups in total. The Kier molecular flexibility index (Phi) is 3.94. The van der Waals surface area contributed by atoms with Crippen LogP contribution in [0.4, 0.5) is 0 Å². The van der Waals surface area contributed by atoms with Gasteiger partial charge in [0.25, 0.3) is 14.8 Å². The Morgan fingerprint density at radius 3 is 2.29 bits per heavy atom. The molecular weight excluding hydrogens is 480 g/mol. The molecule has 14 heavy (non-hydrogen) atoms. The van der Waals surface area contributed by atoms with Crippen LogP contribution in [0.25, 0.3) is 9.75 Å². The Labute approximate surface area is 121 Å². The maximum absolute atomic E-state index is 3.65. The van der Waals surface area contributed by atoms with E-state index < -0.39 is 0 Å². The highest BCUT2D eigenvalue weighted by Gasteiger charge is 2.23. The fourth-order valence-electron chi connectivity index (χ4n) is 1.05. The summed E-state index contributed by atoms with van der Waals surface area (Å²) in [5, 5.41) is 2.15. The Bertz CT molecular complexity index is 452. The highest BCUT2D eigenvalue weighted by atomic mass is 79.9. The first kappa shape index (κ1) is 11.8. The van der Waals surface area contributed by atoms with Crippen LogP contribution in [0.1, 0.15) is 0 Å². The summed E-state index contributed by atoms with van der Waals surface area (Å²) in [4.78, 5) is 2.58. The first-order valence-corrected chi connectivity index (χ1v) is 9.84. The molecule has 74 valence electrons. The predicted molar refractivity (Wildman–Crippen MR) is 79.7 cm³/mol. The molecule has 0 nitrogen and oxygen atoms in total. The van der Waals surface area contributed by atoms with Crippen LogP contribution in [0.5, 0.6) is 0 Å². The summed E-state index contributed by atoms with van der Waals surface area (Å²) in [7, 11) is 0.0356. The minimum absolute atomic E-state index is 0.0356. The number of hydrogen-bond donors (Lipinski definition) is 0. The summed E-state index contributed by atoms with van der Waals surface area (Å²) in [6, 6.07) is 4.17. The maximum Gasteiger partial charge on any atom is 0.268 e. The minimum atomic E-state index is 0.0356. The summed E-state index contributed by atoms with van der Waals surface area (Å²) in [5.74, 6) is 0. The Morgan fingerprint density at radius 2 is 1.86 bits per heavy atom. The zero-order chi connectivity index (χ0) is 10.3. The molecule has 1 unspecified atom stereocenters. The number of halogens is 4. The van der Waals surface area contributed by atoms with Crippen LogP contribution < -0.4 is 0 Å². The second-order valence-electron chi connectivity index (χ2n) is 2.49. The number of thiophene rings is 2. The normalized spacial score (nSPS) is 12.1. The van der Waals surface area contributed by atoms with E-state index in [9.17, 15) is 0 Å². The third kappa shape index (κ3) is 2.20. The monoisotopic (exact) mass is 479 g/mol. The molecule has 2 rings (SSSR count). The van der Waals surface area contributed by atoms with E-state index in [2.05, 4.69) is 80.1 Å². The van der Waals surface area contributed by atoms with Crippen molar-refractivity contribution in [2.24, 2.45) is 0 Å². The molecule has 0 bridgehead atoms. The van der Waals surface area contributed by atoms with Crippen LogP contribution in [0, 0.1) is 0 Å². The van der Waals surface area contributed by atoms with Gasteiger partial charge in [-0.1, -0.05) is 0 Å². The zero-order valence-corrected chi connectivity index (χ0v) is 14.5. The molecule has 0 aliphatic heterocycles. The van der Waals surface area contributed by atoms with E-state index in [1.165, 1.54) is 9.75 Å². The molecule has 0 fully saturated rings. The molecule has 2 aromatic rings. The van der Waals surface area contributed by atoms with Crippen molar-refractivity contribution in [3.05, 3.63) is 30.2 Å². The lowest BCUT2D eigenvalue weighted by molar-refractivity contribution is 1.80. The van der Waals surface area contributed by atoms with Gasteiger partial charge in [0, 0.05) is 10.5 Å². The molecule has 0 aliphatic carbocycles. The first-order chi connectivity index (χ1) is 6.59. The first-order valence-electron chi connectivity index (χ1n) is 3.52. The van der Waals surface area contributed by atoms with Gasteiger partial charge in [-0.15, -0.1) is 11.3 Å². The second kappa shape index (κ2) is 4.67. The molecule has 0 spiro atoms. The van der Waals surface area contributed by atoms with Gasteiger partial charge in [0.2, 0.25) is 4.88 Å². The van der Waals surface area contributed by atoms with Gasteiger partial charge in [-0.2, -0.15) is 0 Å². The highest BCUT2D eigenvalue weighted by molar-refractivity contribution is 9.34. The van der Waals surface area contributed by atoms with Crippen molar-refractivity contribution < 1.29 is 0 Å². The second-order valence-corrected chi connectivity index (χ2v) is 9.97. The number of hydrogen-bond acceptors (Lipinski definition) is 1. The lowest BCUT2D eigenvalue weighted by Gasteiger charge is -1.90. The molecule has 0 saturated carbocycles. The van der Waals surface area contributed by atoms with Gasteiger partial charge < -0.3 is 0 Å². The van der Waals surface area contributed by atoms with E-state index in [0.717, 1.165) is 12.7 Å². The summed E-state index contributed by atoms with van der Waals surface area (Å²) in [6.45, 7) is 0. The van der Waals surface area contributed by atoms with Gasteiger partial charge >= 0.3 is 0 Å². The summed E-state index contributed by atoms with van der Waals surface area (Å²) < 4.78 is 3.44. The Balaban J connectivity index is 2.65. The predicted octanol–water partition coefficient (Wildman–Crippen LogP) is 6.61. The van der Waals surface area contributed by atoms with E-state index in [1.807, 2.05) is 0 Å². The average molecular weight is 483 g/mol. The summed E-state index contributed by atoms with van der Waals surface area (Å²) >= 11 is 16.0. The highest BCUT2D eigenvalue weighted by Crippen LogP contribution is 2.50. The van der Waals surface area contributed by atoms with Crippen LogP contribution in [0.2, 0.25) is 0 Å². The van der Waals surface area contributed by atoms with Crippen molar-refractivity contribution in [2.75, 3.05) is 0 Å². The lowest BCUT2D eigenvalue weighted by atomic mass is 10.4. The third-order valence-corrected chi connectivity index (χ3v) is 8.01. The van der Waals surface area contributed by atoms with Crippen LogP contribution in [-0.2, 0) is 0 Å². The smallest absolute Gasteiger partial charge is 0.122 e. The minimum Gasteiger partial charge on any atom is -0.122 e. The van der Waals surface area contributed by atoms with Gasteiger partial charge in [-0.05, 0) is 53.9 Å². The molecule has 2 heterocycles. The van der Waals surface area contributed by atoms with Crippen molar-refractivity contribution in [1.29, 1.82) is 0 Å². The molecule has 2 aromatic heterocycles. The quantitative estimate of drug-likeness (QED) is 0.401. The van der Waals surface area contributed by atoms with Gasteiger partial charge in [0.05, 0.1) is 17.2 Å². The fraction of sp³-hybridized carbons (Fsp3) is 0. The standard InChI is InChI=1S/C8H3Br4S2/c9-4-1-2-14(12)8(4)7-5(10)3-6(11)13-7/h1-3H/q+1. The Morgan fingerprint density at radius 1 is 1.14 bits per heavy atom. The topological polar surface area (TPSA) is 0 Å². The van der Waals surface area contributed by atoms with Gasteiger partial charge in [-0.3, -0.25) is 0 Å². The van der Waals surface area contributed by atoms with Crippen molar-refractivity contribution >= 4 is 82.8 Å². The SMILES string of the molecule is Brc1cc(Br)c(-c2c(Br)cc[s+]2Br)s1. The summed E-state index contributed by atoms with van der Waals surface area (Å²) in [5.41, 5.74) is 0. The van der Waals surface area contributed by atoms with Crippen molar-refractivity contribution in [2.45, 2.75) is 0 Å². The van der Waals surface area contributed by atoms with Crippen molar-refractivity contribution in [3.8, 4) is 9.75 Å². The maximum atomic E-state index is 3.65. The molecule has 0 aromatic carbocycles. The third-order valence-electron chi connectivity index (χ3n) is 1.61. The van der Waals surface area contributed by atoms with Crippen molar-refractivity contribution in [3.63, 3.8) is 0 Å². The zero-order valence-electron chi connectivity index (χ0n) is 6.56. The molecule has 0 aliphatic rings. The van der Waals surface area contributed by atoms with E-state index in [0.29, 0.717) is 0 Å². The van der Waals surface area contributed by atoms with Crippen molar-refractivity contribution in [1.82, 2.24) is 0 Å². The van der Waals surface area contributed by atoms with E-state index in [1.54, 1.807) is 11.3 Å². The van der Waals surface area contributed by atoms with Gasteiger partial charge in [-0.25, -0.2) is 0 Å². The number of rotatable bonds is 1. The Hall–Kier alpha value is 1.32. The molecule has 0 radical (unpaired) electrons. The molecule has 6 heteroatoms. The van der Waals surface area contributed by atoms with Crippen LogP contribution in [0.3, 0.4) is 0 Å². The van der Waals surface area contributed by atoms with Gasteiger partial charge in [0.15, 0.2) is 5.38 Å². The largest absolute Gasteiger partial charge is 0.268 e. The summed E-state index contributed by atoms with van der Waals surface area (Å²) in [6.07, 6.45) is 0. The molecular formula is C8H3Br4S2+. The lowest BCUT2D eigenvalue weighted by Crippen LogP contribution is -1.66. The molecule has 0 saturated heterocycles. The molecule has 1 atom stereocenters. The van der Waals surface area contributed by atoms with E-state index >= 15 is 0 Å². The van der Waals surface area contributed by atoms with Crippen LogP contribution in [0.15, 0.2) is 30.2 Å². The van der Waals surface area contributed by atoms with E-state index in [-0.39, 0.29) is 8.90 Å². The van der Waals surface area contributed by atoms with Crippen LogP contribution in [-0.4, -0.2) is 0 Å². The fourth-order valence-corrected chi connectivity index (χ4v) is 8.55. The van der Waals surface area contributed by atoms with E-state index in [4.69, 9.17) is 0 Å². The molecule has 0 amide bonds. The van der Waals surface area contributed by atoms with Crippen LogP contribution >= 0.6 is 82.8 Å².